The lowest BCUT2D eigenvalue weighted by atomic mass is 10.2. The first-order chi connectivity index (χ1) is 8.86. The second-order valence-electron chi connectivity index (χ2n) is 5.58. The minimum atomic E-state index is -2.83. The fourth-order valence-corrected chi connectivity index (χ4v) is 4.97. The Morgan fingerprint density at radius 3 is 2.42 bits per heavy atom. The molecule has 0 bridgehead atoms. The third-order valence-corrected chi connectivity index (χ3v) is 7.74. The number of hydrogen-bond acceptors (Lipinski definition) is 0. The lowest BCUT2D eigenvalue weighted by Gasteiger charge is -2.34. The van der Waals surface area contributed by atoms with Gasteiger partial charge in [-0.05, 0) is 17.2 Å². The summed E-state index contributed by atoms with van der Waals surface area (Å²) in [7, 11) is -2.83. The van der Waals surface area contributed by atoms with Crippen LogP contribution in [0.5, 0.6) is 0 Å². The molecule has 0 amide bonds. The van der Waals surface area contributed by atoms with Gasteiger partial charge in [0.2, 0.25) is 5.55 Å². The molecule has 3 heteroatoms. The van der Waals surface area contributed by atoms with Crippen molar-refractivity contribution in [2.45, 2.75) is 51.2 Å². The van der Waals surface area contributed by atoms with Crippen LogP contribution in [0.15, 0.2) is 30.8 Å². The van der Waals surface area contributed by atoms with Gasteiger partial charge in [0.05, 0.1) is 0 Å². The van der Waals surface area contributed by atoms with Crippen molar-refractivity contribution in [2.24, 2.45) is 0 Å². The predicted octanol–water partition coefficient (Wildman–Crippen LogP) is 5.00. The van der Waals surface area contributed by atoms with Crippen molar-refractivity contribution in [3.05, 3.63) is 36.4 Å². The van der Waals surface area contributed by atoms with Gasteiger partial charge in [-0.3, -0.25) is 0 Å². The van der Waals surface area contributed by atoms with Gasteiger partial charge in [0.25, 0.3) is 0 Å². The van der Waals surface area contributed by atoms with Crippen LogP contribution in [0.1, 0.15) is 38.2 Å². The molecule has 0 saturated carbocycles. The number of unbranched alkanes of at least 4 members (excludes halogenated alkanes) is 2. The summed E-state index contributed by atoms with van der Waals surface area (Å²) in [6, 6.07) is 7.44. The van der Waals surface area contributed by atoms with Crippen LogP contribution in [-0.4, -0.2) is 13.6 Å². The standard InChI is InChI=1S/C16H24F2Si/c1-5-7-10-13-16(17,18)19(3,4)15-12-9-8-11-14(15)6-2/h6,8-9,11-12H,2,5,7,10,13H2,1,3-4H3. The molecule has 0 aliphatic heterocycles. The monoisotopic (exact) mass is 282 g/mol. The van der Waals surface area contributed by atoms with Crippen molar-refractivity contribution in [1.82, 2.24) is 0 Å². The van der Waals surface area contributed by atoms with Gasteiger partial charge in [-0.15, -0.1) is 0 Å². The number of benzene rings is 1. The summed E-state index contributed by atoms with van der Waals surface area (Å²) < 4.78 is 29.1. The van der Waals surface area contributed by atoms with Crippen LogP contribution < -0.4 is 5.19 Å². The molecule has 0 aliphatic rings. The van der Waals surface area contributed by atoms with Crippen molar-refractivity contribution in [3.8, 4) is 0 Å². The van der Waals surface area contributed by atoms with E-state index in [1.807, 2.05) is 31.2 Å². The highest BCUT2D eigenvalue weighted by atomic mass is 28.3. The van der Waals surface area contributed by atoms with E-state index in [-0.39, 0.29) is 6.42 Å². The molecule has 0 N–H and O–H groups in total. The second-order valence-corrected chi connectivity index (χ2v) is 10.1. The van der Waals surface area contributed by atoms with Gasteiger partial charge in [0.1, 0.15) is 0 Å². The first kappa shape index (κ1) is 16.1. The van der Waals surface area contributed by atoms with Crippen LogP contribution in [0, 0.1) is 0 Å². The molecule has 1 rings (SSSR count). The molecular weight excluding hydrogens is 258 g/mol. The largest absolute Gasteiger partial charge is 0.234 e. The van der Waals surface area contributed by atoms with Crippen molar-refractivity contribution in [3.63, 3.8) is 0 Å². The number of hydrogen-bond donors (Lipinski definition) is 0. The number of rotatable bonds is 7. The Morgan fingerprint density at radius 1 is 1.21 bits per heavy atom. The van der Waals surface area contributed by atoms with Gasteiger partial charge in [0, 0.05) is 6.42 Å². The van der Waals surface area contributed by atoms with Crippen LogP contribution in [0.25, 0.3) is 6.08 Å². The molecule has 0 aliphatic carbocycles. The van der Waals surface area contributed by atoms with Crippen LogP contribution in [0.2, 0.25) is 13.1 Å². The molecule has 1 aromatic carbocycles. The molecule has 0 heterocycles. The topological polar surface area (TPSA) is 0 Å². The van der Waals surface area contributed by atoms with E-state index in [0.29, 0.717) is 6.42 Å². The van der Waals surface area contributed by atoms with Gasteiger partial charge < -0.3 is 0 Å². The molecule has 0 nitrogen and oxygen atoms in total. The minimum absolute atomic E-state index is 0.00550. The Hall–Kier alpha value is -0.963. The minimum Gasteiger partial charge on any atom is -0.212 e. The predicted molar refractivity (Wildman–Crippen MR) is 82.7 cm³/mol. The molecule has 1 aromatic rings. The Bertz CT molecular complexity index is 425. The molecule has 0 unspecified atom stereocenters. The zero-order valence-electron chi connectivity index (χ0n) is 12.2. The summed E-state index contributed by atoms with van der Waals surface area (Å²) in [4.78, 5) is 0. The Balaban J connectivity index is 3.03. The molecule has 0 aromatic heterocycles. The molecular formula is C16H24F2Si. The van der Waals surface area contributed by atoms with Crippen molar-refractivity contribution in [2.75, 3.05) is 0 Å². The Morgan fingerprint density at radius 2 is 1.84 bits per heavy atom. The SMILES string of the molecule is C=Cc1ccccc1[Si](C)(C)C(F)(F)CCCCC. The molecule has 106 valence electrons. The summed E-state index contributed by atoms with van der Waals surface area (Å²) >= 11 is 0. The fourth-order valence-electron chi connectivity index (χ4n) is 2.35. The first-order valence-electron chi connectivity index (χ1n) is 6.96. The van der Waals surface area contributed by atoms with Crippen LogP contribution in [0.4, 0.5) is 8.78 Å². The molecule has 19 heavy (non-hydrogen) atoms. The van der Waals surface area contributed by atoms with Gasteiger partial charge in [0.15, 0.2) is 8.07 Å². The van der Waals surface area contributed by atoms with E-state index in [0.717, 1.165) is 23.6 Å². The fraction of sp³-hybridized carbons (Fsp3) is 0.500. The van der Waals surface area contributed by atoms with Crippen molar-refractivity contribution in [1.29, 1.82) is 0 Å². The zero-order chi connectivity index (χ0) is 14.5. The first-order valence-corrected chi connectivity index (χ1v) is 9.96. The summed E-state index contributed by atoms with van der Waals surface area (Å²) in [5, 5.41) is 0.812. The quantitative estimate of drug-likeness (QED) is 0.487. The molecule has 0 atom stereocenters. The molecule has 0 fully saturated rings. The average Bonchev–Trinajstić information content (AvgIpc) is 2.38. The second kappa shape index (κ2) is 6.46. The maximum absolute atomic E-state index is 14.6. The van der Waals surface area contributed by atoms with Crippen LogP contribution >= 0.6 is 0 Å². The molecule has 0 spiro atoms. The summed E-state index contributed by atoms with van der Waals surface area (Å²) in [5.74, 6) is 0. The van der Waals surface area contributed by atoms with Gasteiger partial charge >= 0.3 is 0 Å². The molecule has 0 radical (unpaired) electrons. The van der Waals surface area contributed by atoms with Gasteiger partial charge in [-0.1, -0.05) is 69.8 Å². The number of alkyl halides is 2. The normalized spacial score (nSPS) is 12.5. The van der Waals surface area contributed by atoms with Crippen LogP contribution in [-0.2, 0) is 0 Å². The van der Waals surface area contributed by atoms with Gasteiger partial charge in [-0.2, -0.15) is 0 Å². The maximum atomic E-state index is 14.6. The van der Waals surface area contributed by atoms with E-state index in [1.54, 1.807) is 19.2 Å². The van der Waals surface area contributed by atoms with E-state index in [2.05, 4.69) is 6.58 Å². The van der Waals surface area contributed by atoms with Crippen molar-refractivity contribution < 1.29 is 8.78 Å². The summed E-state index contributed by atoms with van der Waals surface area (Å²) in [6.45, 7) is 9.31. The average molecular weight is 282 g/mol. The summed E-state index contributed by atoms with van der Waals surface area (Å²) in [6.07, 6.45) is 4.15. The third kappa shape index (κ3) is 3.53. The maximum Gasteiger partial charge on any atom is 0.234 e. The highest BCUT2D eigenvalue weighted by Gasteiger charge is 2.49. The van der Waals surface area contributed by atoms with E-state index in [9.17, 15) is 8.78 Å². The van der Waals surface area contributed by atoms with E-state index in [4.69, 9.17) is 0 Å². The number of halogens is 2. The highest BCUT2D eigenvalue weighted by Crippen LogP contribution is 2.33. The van der Waals surface area contributed by atoms with Crippen molar-refractivity contribution >= 4 is 19.3 Å². The lowest BCUT2D eigenvalue weighted by Crippen LogP contribution is -2.58. The zero-order valence-corrected chi connectivity index (χ0v) is 13.2. The van der Waals surface area contributed by atoms with Crippen LogP contribution in [0.3, 0.4) is 0 Å². The molecule has 0 saturated heterocycles. The lowest BCUT2D eigenvalue weighted by molar-refractivity contribution is 0.0699. The Kier molecular flexibility index (Phi) is 5.47. The highest BCUT2D eigenvalue weighted by molar-refractivity contribution is 6.92. The third-order valence-electron chi connectivity index (χ3n) is 3.86. The van der Waals surface area contributed by atoms with E-state index >= 15 is 0 Å². The Labute approximate surface area is 116 Å². The van der Waals surface area contributed by atoms with Gasteiger partial charge in [-0.25, -0.2) is 8.78 Å². The smallest absolute Gasteiger partial charge is 0.212 e. The summed E-state index contributed by atoms with van der Waals surface area (Å²) in [5.41, 5.74) is -1.71. The van der Waals surface area contributed by atoms with E-state index in [1.165, 1.54) is 0 Å². The van der Waals surface area contributed by atoms with E-state index < -0.39 is 13.6 Å².